The number of nitrogens with zero attached hydrogens (tertiary/aromatic N) is 3. The van der Waals surface area contributed by atoms with E-state index < -0.39 is 0 Å². The van der Waals surface area contributed by atoms with Crippen molar-refractivity contribution in [3.8, 4) is 5.69 Å². The summed E-state index contributed by atoms with van der Waals surface area (Å²) in [6.45, 7) is 0.728. The lowest BCUT2D eigenvalue weighted by Crippen LogP contribution is -2.24. The minimum absolute atomic E-state index is 0.163. The molecule has 2 heterocycles. The average molecular weight is 385 g/mol. The number of carbonyl (C=O) groups excluding carboxylic acids is 1. The SMILES string of the molecule is O=C1CC(Br)CN1c1ccc(-n2cc(Br)cn2)cc1. The van der Waals surface area contributed by atoms with Gasteiger partial charge in [-0.25, -0.2) is 4.68 Å². The Morgan fingerprint density at radius 2 is 1.89 bits per heavy atom. The molecule has 0 spiro atoms. The lowest BCUT2D eigenvalue weighted by atomic mass is 10.2. The highest BCUT2D eigenvalue weighted by Gasteiger charge is 2.28. The predicted octanol–water partition coefficient (Wildman–Crippen LogP) is 3.14. The van der Waals surface area contributed by atoms with Crippen molar-refractivity contribution in [2.45, 2.75) is 11.2 Å². The number of hydrogen-bond acceptors (Lipinski definition) is 2. The van der Waals surface area contributed by atoms with Crippen molar-refractivity contribution in [2.75, 3.05) is 11.4 Å². The predicted molar refractivity (Wildman–Crippen MR) is 80.9 cm³/mol. The van der Waals surface area contributed by atoms with Crippen molar-refractivity contribution >= 4 is 43.5 Å². The van der Waals surface area contributed by atoms with E-state index in [0.717, 1.165) is 22.4 Å². The first kappa shape index (κ1) is 12.9. The van der Waals surface area contributed by atoms with Gasteiger partial charge in [0, 0.05) is 29.7 Å². The minimum Gasteiger partial charge on any atom is -0.311 e. The molecule has 0 radical (unpaired) electrons. The highest BCUT2D eigenvalue weighted by atomic mass is 79.9. The standard InChI is InChI=1S/C13H11Br2N3O/c14-9-5-13(19)17(7-9)11-1-3-12(4-2-11)18-8-10(15)6-16-18/h1-4,6,8-9H,5,7H2. The summed E-state index contributed by atoms with van der Waals surface area (Å²) in [6.07, 6.45) is 4.20. The van der Waals surface area contributed by atoms with Crippen LogP contribution in [-0.4, -0.2) is 27.1 Å². The number of hydrogen-bond donors (Lipinski definition) is 0. The normalized spacial score (nSPS) is 19.2. The van der Waals surface area contributed by atoms with E-state index in [0.29, 0.717) is 6.42 Å². The molecule has 19 heavy (non-hydrogen) atoms. The zero-order valence-electron chi connectivity index (χ0n) is 9.96. The Balaban J connectivity index is 1.85. The van der Waals surface area contributed by atoms with Crippen LogP contribution >= 0.6 is 31.9 Å². The maximum absolute atomic E-state index is 11.8. The number of anilines is 1. The Kier molecular flexibility index (Phi) is 3.45. The molecule has 0 bridgehead atoms. The molecule has 1 fully saturated rings. The van der Waals surface area contributed by atoms with Crippen molar-refractivity contribution in [1.29, 1.82) is 0 Å². The van der Waals surface area contributed by atoms with Gasteiger partial charge in [0.15, 0.2) is 0 Å². The third-order valence-corrected chi connectivity index (χ3v) is 4.08. The molecular formula is C13H11Br2N3O. The molecule has 98 valence electrons. The first-order valence-electron chi connectivity index (χ1n) is 5.88. The monoisotopic (exact) mass is 383 g/mol. The fourth-order valence-corrected chi connectivity index (χ4v) is 2.99. The number of alkyl halides is 1. The average Bonchev–Trinajstić information content (AvgIpc) is 2.96. The van der Waals surface area contributed by atoms with Gasteiger partial charge >= 0.3 is 0 Å². The van der Waals surface area contributed by atoms with Gasteiger partial charge in [-0.3, -0.25) is 4.79 Å². The molecule has 6 heteroatoms. The van der Waals surface area contributed by atoms with Crippen LogP contribution in [0.5, 0.6) is 0 Å². The molecule has 4 nitrogen and oxygen atoms in total. The number of rotatable bonds is 2. The van der Waals surface area contributed by atoms with Crippen molar-refractivity contribution in [3.63, 3.8) is 0 Å². The van der Waals surface area contributed by atoms with Crippen molar-refractivity contribution in [2.24, 2.45) is 0 Å². The molecule has 0 saturated carbocycles. The summed E-state index contributed by atoms with van der Waals surface area (Å²) in [5, 5.41) is 4.22. The third-order valence-electron chi connectivity index (χ3n) is 3.05. The van der Waals surface area contributed by atoms with Crippen LogP contribution in [0.3, 0.4) is 0 Å². The second kappa shape index (κ2) is 5.09. The maximum Gasteiger partial charge on any atom is 0.228 e. The van der Waals surface area contributed by atoms with Gasteiger partial charge in [-0.05, 0) is 40.2 Å². The molecular weight excluding hydrogens is 374 g/mol. The van der Waals surface area contributed by atoms with Gasteiger partial charge in [0.2, 0.25) is 5.91 Å². The Labute approximate surface area is 127 Å². The number of aromatic nitrogens is 2. The topological polar surface area (TPSA) is 38.1 Å². The summed E-state index contributed by atoms with van der Waals surface area (Å²) in [5.74, 6) is 0.163. The zero-order chi connectivity index (χ0) is 13.4. The second-order valence-electron chi connectivity index (χ2n) is 4.43. The first-order chi connectivity index (χ1) is 9.13. The van der Waals surface area contributed by atoms with E-state index in [1.807, 2.05) is 35.4 Å². The van der Waals surface area contributed by atoms with Gasteiger partial charge in [0.25, 0.3) is 0 Å². The molecule has 1 amide bonds. The van der Waals surface area contributed by atoms with Crippen LogP contribution in [0.2, 0.25) is 0 Å². The molecule has 1 aromatic carbocycles. The molecule has 1 aromatic heterocycles. The number of carbonyl (C=O) groups is 1. The molecule has 3 rings (SSSR count). The fraction of sp³-hybridized carbons (Fsp3) is 0.231. The second-order valence-corrected chi connectivity index (χ2v) is 6.64. The number of amides is 1. The fourth-order valence-electron chi connectivity index (χ4n) is 2.14. The van der Waals surface area contributed by atoms with Gasteiger partial charge in [-0.2, -0.15) is 5.10 Å². The molecule has 1 aliphatic heterocycles. The Bertz CT molecular complexity index is 609. The number of halogens is 2. The molecule has 1 aliphatic rings. The van der Waals surface area contributed by atoms with Crippen LogP contribution in [0.25, 0.3) is 5.69 Å². The van der Waals surface area contributed by atoms with Crippen molar-refractivity contribution in [1.82, 2.24) is 9.78 Å². The molecule has 1 saturated heterocycles. The molecule has 0 aliphatic carbocycles. The van der Waals surface area contributed by atoms with Crippen molar-refractivity contribution in [3.05, 3.63) is 41.1 Å². The molecule has 1 atom stereocenters. The van der Waals surface area contributed by atoms with Crippen LogP contribution in [-0.2, 0) is 4.79 Å². The maximum atomic E-state index is 11.8. The summed E-state index contributed by atoms with van der Waals surface area (Å²) in [5.41, 5.74) is 1.90. The van der Waals surface area contributed by atoms with Gasteiger partial charge in [0.1, 0.15) is 0 Å². The van der Waals surface area contributed by atoms with E-state index in [1.54, 1.807) is 10.9 Å². The molecule has 2 aromatic rings. The van der Waals surface area contributed by atoms with Gasteiger partial charge in [-0.1, -0.05) is 15.9 Å². The van der Waals surface area contributed by atoms with Crippen LogP contribution in [0.4, 0.5) is 5.69 Å². The Hall–Kier alpha value is -1.14. The largest absolute Gasteiger partial charge is 0.311 e. The smallest absolute Gasteiger partial charge is 0.228 e. The number of benzene rings is 1. The van der Waals surface area contributed by atoms with E-state index >= 15 is 0 Å². The molecule has 1 unspecified atom stereocenters. The Morgan fingerprint density at radius 1 is 1.21 bits per heavy atom. The molecule has 0 N–H and O–H groups in total. The zero-order valence-corrected chi connectivity index (χ0v) is 13.1. The summed E-state index contributed by atoms with van der Waals surface area (Å²) in [6, 6.07) is 7.83. The van der Waals surface area contributed by atoms with Gasteiger partial charge < -0.3 is 4.90 Å². The summed E-state index contributed by atoms with van der Waals surface area (Å²) >= 11 is 6.86. The lowest BCUT2D eigenvalue weighted by Gasteiger charge is -2.16. The highest BCUT2D eigenvalue weighted by Crippen LogP contribution is 2.26. The van der Waals surface area contributed by atoms with E-state index in [2.05, 4.69) is 37.0 Å². The van der Waals surface area contributed by atoms with Crippen LogP contribution in [0.1, 0.15) is 6.42 Å². The van der Waals surface area contributed by atoms with Crippen LogP contribution in [0, 0.1) is 0 Å². The highest BCUT2D eigenvalue weighted by molar-refractivity contribution is 9.10. The minimum atomic E-state index is 0.163. The van der Waals surface area contributed by atoms with Gasteiger partial charge in [-0.15, -0.1) is 0 Å². The summed E-state index contributed by atoms with van der Waals surface area (Å²) < 4.78 is 2.72. The lowest BCUT2D eigenvalue weighted by molar-refractivity contribution is -0.117. The quantitative estimate of drug-likeness (QED) is 0.746. The van der Waals surface area contributed by atoms with E-state index in [4.69, 9.17) is 0 Å². The van der Waals surface area contributed by atoms with Gasteiger partial charge in [0.05, 0.1) is 16.4 Å². The third kappa shape index (κ3) is 2.60. The van der Waals surface area contributed by atoms with Crippen LogP contribution in [0.15, 0.2) is 41.1 Å². The first-order valence-corrected chi connectivity index (χ1v) is 7.59. The van der Waals surface area contributed by atoms with E-state index in [1.165, 1.54) is 0 Å². The summed E-state index contributed by atoms with van der Waals surface area (Å²) in [7, 11) is 0. The van der Waals surface area contributed by atoms with Crippen LogP contribution < -0.4 is 4.90 Å². The summed E-state index contributed by atoms with van der Waals surface area (Å²) in [4.78, 5) is 13.9. The van der Waals surface area contributed by atoms with E-state index in [-0.39, 0.29) is 10.7 Å². The van der Waals surface area contributed by atoms with E-state index in [9.17, 15) is 4.79 Å². The van der Waals surface area contributed by atoms with Crippen molar-refractivity contribution < 1.29 is 4.79 Å². The Morgan fingerprint density at radius 3 is 2.42 bits per heavy atom.